The Bertz CT molecular complexity index is 817. The molecule has 0 saturated carbocycles. The van der Waals surface area contributed by atoms with Crippen molar-refractivity contribution in [2.24, 2.45) is 0 Å². The minimum absolute atomic E-state index is 0.00175. The van der Waals surface area contributed by atoms with Crippen molar-refractivity contribution in [3.8, 4) is 0 Å². The quantitative estimate of drug-likeness (QED) is 0.759. The lowest BCUT2D eigenvalue weighted by Gasteiger charge is -2.08. The van der Waals surface area contributed by atoms with Crippen molar-refractivity contribution >= 4 is 34.1 Å². The number of fused-ring (bicyclic) bond motifs is 1. The topological polar surface area (TPSA) is 55.1 Å². The molecule has 1 aromatic heterocycles. The number of nitrogens with zero attached hydrogens (tertiary/aromatic N) is 1. The average molecular weight is 326 g/mol. The molecule has 118 valence electrons. The number of benzene rings is 2. The normalized spacial score (nSPS) is 10.9. The standard InChI is InChI=1S/C18H18N2O2S/c1-12-16(13(2)22-20-12)10-23-11-18(21)19-17-9-5-7-14-6-3-4-8-15(14)17/h3-9H,10-11H2,1-2H3,(H,19,21). The second kappa shape index (κ2) is 6.87. The Morgan fingerprint density at radius 3 is 2.74 bits per heavy atom. The fourth-order valence-corrected chi connectivity index (χ4v) is 3.45. The molecule has 3 rings (SSSR count). The Balaban J connectivity index is 1.61. The maximum atomic E-state index is 12.2. The van der Waals surface area contributed by atoms with Gasteiger partial charge in [0.25, 0.3) is 0 Å². The molecule has 1 amide bonds. The van der Waals surface area contributed by atoms with Crippen molar-refractivity contribution in [2.45, 2.75) is 19.6 Å². The van der Waals surface area contributed by atoms with Crippen molar-refractivity contribution in [3.63, 3.8) is 0 Å². The van der Waals surface area contributed by atoms with Crippen LogP contribution in [0.15, 0.2) is 47.0 Å². The lowest BCUT2D eigenvalue weighted by atomic mass is 10.1. The summed E-state index contributed by atoms with van der Waals surface area (Å²) in [7, 11) is 0. The van der Waals surface area contributed by atoms with Gasteiger partial charge in [-0.1, -0.05) is 41.6 Å². The fourth-order valence-electron chi connectivity index (χ4n) is 2.47. The zero-order valence-electron chi connectivity index (χ0n) is 13.1. The van der Waals surface area contributed by atoms with Crippen LogP contribution in [0.1, 0.15) is 17.0 Å². The van der Waals surface area contributed by atoms with Crippen LogP contribution in [0.3, 0.4) is 0 Å². The van der Waals surface area contributed by atoms with E-state index in [1.807, 2.05) is 56.3 Å². The van der Waals surface area contributed by atoms with E-state index in [9.17, 15) is 4.79 Å². The predicted octanol–water partition coefficient (Wildman–Crippen LogP) is 4.32. The van der Waals surface area contributed by atoms with Crippen LogP contribution in [0.4, 0.5) is 5.69 Å². The second-order valence-corrected chi connectivity index (χ2v) is 6.36. The number of hydrogen-bond donors (Lipinski definition) is 1. The molecule has 0 radical (unpaired) electrons. The van der Waals surface area contributed by atoms with E-state index >= 15 is 0 Å². The number of amides is 1. The highest BCUT2D eigenvalue weighted by Gasteiger charge is 2.11. The molecule has 3 aromatic rings. The van der Waals surface area contributed by atoms with Crippen LogP contribution in [-0.4, -0.2) is 16.8 Å². The highest BCUT2D eigenvalue weighted by molar-refractivity contribution is 7.99. The van der Waals surface area contributed by atoms with E-state index < -0.39 is 0 Å². The summed E-state index contributed by atoms with van der Waals surface area (Å²) >= 11 is 1.56. The van der Waals surface area contributed by atoms with Gasteiger partial charge in [-0.25, -0.2) is 0 Å². The van der Waals surface area contributed by atoms with Crippen molar-refractivity contribution in [2.75, 3.05) is 11.1 Å². The van der Waals surface area contributed by atoms with Gasteiger partial charge >= 0.3 is 0 Å². The Kier molecular flexibility index (Phi) is 4.67. The number of aromatic nitrogens is 1. The van der Waals surface area contributed by atoms with Crippen LogP contribution in [0, 0.1) is 13.8 Å². The third-order valence-electron chi connectivity index (χ3n) is 3.72. The highest BCUT2D eigenvalue weighted by atomic mass is 32.2. The number of hydrogen-bond acceptors (Lipinski definition) is 4. The molecule has 0 aliphatic heterocycles. The van der Waals surface area contributed by atoms with Gasteiger partial charge in [0.1, 0.15) is 5.76 Å². The largest absolute Gasteiger partial charge is 0.361 e. The first-order chi connectivity index (χ1) is 11.1. The zero-order valence-corrected chi connectivity index (χ0v) is 13.9. The molecule has 0 aliphatic carbocycles. The van der Waals surface area contributed by atoms with E-state index in [0.717, 1.165) is 39.2 Å². The third kappa shape index (κ3) is 3.56. The van der Waals surface area contributed by atoms with E-state index in [2.05, 4.69) is 10.5 Å². The number of nitrogens with one attached hydrogen (secondary N) is 1. The van der Waals surface area contributed by atoms with Gasteiger partial charge in [0.15, 0.2) is 0 Å². The first-order valence-corrected chi connectivity index (χ1v) is 8.57. The summed E-state index contributed by atoms with van der Waals surface area (Å²) in [5, 5.41) is 9.10. The minimum atomic E-state index is -0.00175. The van der Waals surface area contributed by atoms with Gasteiger partial charge in [0.05, 0.1) is 11.4 Å². The predicted molar refractivity (Wildman–Crippen MR) is 94.7 cm³/mol. The van der Waals surface area contributed by atoms with Crippen LogP contribution in [-0.2, 0) is 10.5 Å². The van der Waals surface area contributed by atoms with Crippen LogP contribution in [0.2, 0.25) is 0 Å². The third-order valence-corrected chi connectivity index (χ3v) is 4.68. The smallest absolute Gasteiger partial charge is 0.234 e. The summed E-state index contributed by atoms with van der Waals surface area (Å²) in [6.45, 7) is 3.81. The van der Waals surface area contributed by atoms with Gasteiger partial charge in [0, 0.05) is 22.4 Å². The first kappa shape index (κ1) is 15.6. The molecule has 0 unspecified atom stereocenters. The van der Waals surface area contributed by atoms with Crippen LogP contribution >= 0.6 is 11.8 Å². The van der Waals surface area contributed by atoms with Crippen molar-refractivity contribution < 1.29 is 9.32 Å². The Morgan fingerprint density at radius 1 is 1.17 bits per heavy atom. The van der Waals surface area contributed by atoms with Gasteiger partial charge in [-0.15, -0.1) is 11.8 Å². The van der Waals surface area contributed by atoms with Gasteiger partial charge in [-0.05, 0) is 25.3 Å². The molecule has 0 bridgehead atoms. The fraction of sp³-hybridized carbons (Fsp3) is 0.222. The summed E-state index contributed by atoms with van der Waals surface area (Å²) in [5.74, 6) is 1.94. The molecular weight excluding hydrogens is 308 g/mol. The van der Waals surface area contributed by atoms with Gasteiger partial charge in [-0.2, -0.15) is 0 Å². The summed E-state index contributed by atoms with van der Waals surface area (Å²) in [6, 6.07) is 13.9. The highest BCUT2D eigenvalue weighted by Crippen LogP contribution is 2.24. The van der Waals surface area contributed by atoms with Gasteiger partial charge in [-0.3, -0.25) is 4.79 Å². The maximum Gasteiger partial charge on any atom is 0.234 e. The SMILES string of the molecule is Cc1noc(C)c1CSCC(=O)Nc1cccc2ccccc12. The number of anilines is 1. The zero-order chi connectivity index (χ0) is 16.2. The summed E-state index contributed by atoms with van der Waals surface area (Å²) in [4.78, 5) is 12.2. The molecule has 1 N–H and O–H groups in total. The van der Waals surface area contributed by atoms with E-state index in [4.69, 9.17) is 4.52 Å². The molecule has 4 nitrogen and oxygen atoms in total. The lowest BCUT2D eigenvalue weighted by molar-refractivity contribution is -0.113. The van der Waals surface area contributed by atoms with Gasteiger partial charge < -0.3 is 9.84 Å². The molecule has 5 heteroatoms. The molecular formula is C18H18N2O2S. The molecule has 0 spiro atoms. The molecule has 23 heavy (non-hydrogen) atoms. The van der Waals surface area contributed by atoms with Gasteiger partial charge in [0.2, 0.25) is 5.91 Å². The summed E-state index contributed by atoms with van der Waals surface area (Å²) in [5.41, 5.74) is 2.82. The Morgan fingerprint density at radius 2 is 1.96 bits per heavy atom. The molecule has 0 atom stereocenters. The molecule has 0 saturated heterocycles. The number of carbonyl (C=O) groups is 1. The Labute approximate surface area is 139 Å². The lowest BCUT2D eigenvalue weighted by Crippen LogP contribution is -2.14. The van der Waals surface area contributed by atoms with E-state index in [1.165, 1.54) is 0 Å². The van der Waals surface area contributed by atoms with Crippen LogP contribution in [0.25, 0.3) is 10.8 Å². The molecule has 2 aromatic carbocycles. The van der Waals surface area contributed by atoms with Crippen molar-refractivity contribution in [1.82, 2.24) is 5.16 Å². The number of carbonyl (C=O) groups excluding carboxylic acids is 1. The van der Waals surface area contributed by atoms with E-state index in [1.54, 1.807) is 11.8 Å². The summed E-state index contributed by atoms with van der Waals surface area (Å²) < 4.78 is 5.13. The number of aryl methyl sites for hydroxylation is 2. The van der Waals surface area contributed by atoms with Crippen LogP contribution in [0.5, 0.6) is 0 Å². The number of thioether (sulfide) groups is 1. The van der Waals surface area contributed by atoms with Crippen molar-refractivity contribution in [3.05, 3.63) is 59.5 Å². The number of rotatable bonds is 5. The van der Waals surface area contributed by atoms with Crippen LogP contribution < -0.4 is 5.32 Å². The van der Waals surface area contributed by atoms with Crippen molar-refractivity contribution in [1.29, 1.82) is 0 Å². The maximum absolute atomic E-state index is 12.2. The second-order valence-electron chi connectivity index (χ2n) is 5.37. The van der Waals surface area contributed by atoms with E-state index in [0.29, 0.717) is 5.75 Å². The molecule has 0 aliphatic rings. The van der Waals surface area contributed by atoms with E-state index in [-0.39, 0.29) is 5.91 Å². The first-order valence-electron chi connectivity index (χ1n) is 7.42. The minimum Gasteiger partial charge on any atom is -0.361 e. The average Bonchev–Trinajstić information content (AvgIpc) is 2.87. The Hall–Kier alpha value is -2.27. The molecule has 1 heterocycles. The monoisotopic (exact) mass is 326 g/mol. The molecule has 0 fully saturated rings. The summed E-state index contributed by atoms with van der Waals surface area (Å²) in [6.07, 6.45) is 0.